The van der Waals surface area contributed by atoms with Gasteiger partial charge in [-0.3, -0.25) is 0 Å². The minimum absolute atomic E-state index is 0.0478. The number of hydrogen-bond donors (Lipinski definition) is 1. The molecule has 0 heterocycles. The van der Waals surface area contributed by atoms with E-state index in [1.807, 2.05) is 13.1 Å². The Kier molecular flexibility index (Phi) is 3.43. The van der Waals surface area contributed by atoms with Crippen molar-refractivity contribution in [3.05, 3.63) is 35.0 Å². The van der Waals surface area contributed by atoms with Gasteiger partial charge in [-0.15, -0.1) is 0 Å². The maximum atomic E-state index is 6.13. The van der Waals surface area contributed by atoms with Crippen molar-refractivity contribution in [1.82, 2.24) is 5.32 Å². The summed E-state index contributed by atoms with van der Waals surface area (Å²) in [5.41, 5.74) is 1.10. The van der Waals surface area contributed by atoms with Crippen LogP contribution < -0.4 is 5.32 Å². The molecule has 1 atom stereocenters. The summed E-state index contributed by atoms with van der Waals surface area (Å²) >= 11 is 6.13. The van der Waals surface area contributed by atoms with Gasteiger partial charge in [-0.2, -0.15) is 0 Å². The van der Waals surface area contributed by atoms with Crippen molar-refractivity contribution in [2.45, 2.75) is 20.8 Å². The van der Waals surface area contributed by atoms with Crippen molar-refractivity contribution in [3.63, 3.8) is 0 Å². The largest absolute Gasteiger partial charge is 0.388 e. The average molecular weight is 212 g/mol. The van der Waals surface area contributed by atoms with Gasteiger partial charge in [-0.25, -0.2) is 0 Å². The Morgan fingerprint density at radius 1 is 1.43 bits per heavy atom. The molecule has 1 rings (SSSR count). The van der Waals surface area contributed by atoms with Crippen LogP contribution >= 0.6 is 11.6 Å². The first-order valence-electron chi connectivity index (χ1n) is 4.95. The standard InChI is InChI=1S/C12H18ClN/c1-9(2)12(3)6-5-11(14-4)7-10(13)8-12/h5-9,14H,1-4H3. The topological polar surface area (TPSA) is 12.0 Å². The van der Waals surface area contributed by atoms with Crippen LogP contribution in [0.15, 0.2) is 35.0 Å². The smallest absolute Gasteiger partial charge is 0.0395 e. The summed E-state index contributed by atoms with van der Waals surface area (Å²) < 4.78 is 0. The molecule has 0 saturated heterocycles. The van der Waals surface area contributed by atoms with Crippen LogP contribution in [0.2, 0.25) is 0 Å². The van der Waals surface area contributed by atoms with Gasteiger partial charge in [0.25, 0.3) is 0 Å². The molecule has 1 N–H and O–H groups in total. The van der Waals surface area contributed by atoms with E-state index in [9.17, 15) is 0 Å². The minimum Gasteiger partial charge on any atom is -0.388 e. The van der Waals surface area contributed by atoms with Gasteiger partial charge < -0.3 is 5.32 Å². The van der Waals surface area contributed by atoms with Crippen LogP contribution in [0, 0.1) is 11.3 Å². The molecule has 14 heavy (non-hydrogen) atoms. The lowest BCUT2D eigenvalue weighted by Crippen LogP contribution is -2.17. The maximum Gasteiger partial charge on any atom is 0.0395 e. The maximum absolute atomic E-state index is 6.13. The monoisotopic (exact) mass is 211 g/mol. The Bertz CT molecular complexity index is 299. The van der Waals surface area contributed by atoms with E-state index in [2.05, 4.69) is 44.3 Å². The molecule has 0 saturated carbocycles. The molecule has 0 aliphatic heterocycles. The molecule has 0 amide bonds. The number of likely N-dealkylation sites (N-methyl/N-ethyl adjacent to an activating group) is 1. The van der Waals surface area contributed by atoms with E-state index in [0.29, 0.717) is 5.92 Å². The predicted molar refractivity (Wildman–Crippen MR) is 63.2 cm³/mol. The van der Waals surface area contributed by atoms with Gasteiger partial charge in [-0.05, 0) is 18.1 Å². The SMILES string of the molecule is CNC1=CC(Cl)=CC(C)(C(C)C)C=C1. The summed E-state index contributed by atoms with van der Waals surface area (Å²) in [6.07, 6.45) is 8.35. The number of hydrogen-bond acceptors (Lipinski definition) is 1. The molecule has 0 radical (unpaired) electrons. The van der Waals surface area contributed by atoms with Crippen LogP contribution in [-0.2, 0) is 0 Å². The van der Waals surface area contributed by atoms with Crippen molar-refractivity contribution in [1.29, 1.82) is 0 Å². The molecule has 0 aromatic carbocycles. The van der Waals surface area contributed by atoms with E-state index in [0.717, 1.165) is 10.7 Å². The molecule has 1 unspecified atom stereocenters. The second-order valence-corrected chi connectivity index (χ2v) is 4.67. The van der Waals surface area contributed by atoms with Gasteiger partial charge in [0, 0.05) is 23.2 Å². The Hall–Kier alpha value is -0.690. The third-order valence-electron chi connectivity index (χ3n) is 2.90. The second-order valence-electron chi connectivity index (χ2n) is 4.23. The summed E-state index contributed by atoms with van der Waals surface area (Å²) in [5.74, 6) is 0.539. The van der Waals surface area contributed by atoms with Crippen LogP contribution in [0.3, 0.4) is 0 Å². The molecular formula is C12H18ClN. The van der Waals surface area contributed by atoms with E-state index in [-0.39, 0.29) is 5.41 Å². The molecule has 0 spiro atoms. The first-order chi connectivity index (χ1) is 6.48. The second kappa shape index (κ2) is 4.22. The summed E-state index contributed by atoms with van der Waals surface area (Å²) in [4.78, 5) is 0. The van der Waals surface area contributed by atoms with E-state index in [1.54, 1.807) is 0 Å². The molecule has 1 aliphatic carbocycles. The van der Waals surface area contributed by atoms with Crippen molar-refractivity contribution < 1.29 is 0 Å². The zero-order chi connectivity index (χ0) is 10.8. The van der Waals surface area contributed by atoms with Crippen LogP contribution in [0.4, 0.5) is 0 Å². The highest BCUT2D eigenvalue weighted by atomic mass is 35.5. The van der Waals surface area contributed by atoms with Crippen LogP contribution in [-0.4, -0.2) is 7.05 Å². The first kappa shape index (κ1) is 11.4. The summed E-state index contributed by atoms with van der Waals surface area (Å²) in [7, 11) is 1.90. The fourth-order valence-corrected chi connectivity index (χ4v) is 1.72. The lowest BCUT2D eigenvalue weighted by atomic mass is 9.79. The molecule has 2 heteroatoms. The Balaban J connectivity index is 3.05. The zero-order valence-corrected chi connectivity index (χ0v) is 10.0. The number of halogens is 1. The number of rotatable bonds is 2. The molecule has 0 aromatic heterocycles. The molecular weight excluding hydrogens is 194 g/mol. The Morgan fingerprint density at radius 2 is 2.07 bits per heavy atom. The van der Waals surface area contributed by atoms with Gasteiger partial charge in [0.05, 0.1) is 0 Å². The van der Waals surface area contributed by atoms with Crippen molar-refractivity contribution >= 4 is 11.6 Å². The molecule has 0 aromatic rings. The van der Waals surface area contributed by atoms with Crippen molar-refractivity contribution in [2.75, 3.05) is 7.05 Å². The van der Waals surface area contributed by atoms with Gasteiger partial charge >= 0.3 is 0 Å². The fraction of sp³-hybridized carbons (Fsp3) is 0.500. The quantitative estimate of drug-likeness (QED) is 0.738. The number of nitrogens with one attached hydrogen (secondary N) is 1. The zero-order valence-electron chi connectivity index (χ0n) is 9.26. The van der Waals surface area contributed by atoms with E-state index < -0.39 is 0 Å². The molecule has 78 valence electrons. The normalized spacial score (nSPS) is 27.0. The lowest BCUT2D eigenvalue weighted by molar-refractivity contribution is 0.383. The molecule has 0 fully saturated rings. The highest BCUT2D eigenvalue weighted by Gasteiger charge is 2.24. The van der Waals surface area contributed by atoms with Crippen LogP contribution in [0.25, 0.3) is 0 Å². The van der Waals surface area contributed by atoms with Gasteiger partial charge in [0.1, 0.15) is 0 Å². The van der Waals surface area contributed by atoms with E-state index >= 15 is 0 Å². The molecule has 1 aliphatic rings. The molecule has 0 bridgehead atoms. The van der Waals surface area contributed by atoms with Gasteiger partial charge in [0.2, 0.25) is 0 Å². The van der Waals surface area contributed by atoms with Crippen LogP contribution in [0.1, 0.15) is 20.8 Å². The fourth-order valence-electron chi connectivity index (χ4n) is 1.37. The number of allylic oxidation sites excluding steroid dienone is 5. The lowest BCUT2D eigenvalue weighted by Gasteiger charge is -2.26. The summed E-state index contributed by atoms with van der Waals surface area (Å²) in [6, 6.07) is 0. The average Bonchev–Trinajstić information content (AvgIpc) is 2.25. The minimum atomic E-state index is 0.0478. The third kappa shape index (κ3) is 2.42. The van der Waals surface area contributed by atoms with Gasteiger partial charge in [-0.1, -0.05) is 44.5 Å². The van der Waals surface area contributed by atoms with E-state index in [4.69, 9.17) is 11.6 Å². The highest BCUT2D eigenvalue weighted by Crippen LogP contribution is 2.34. The Morgan fingerprint density at radius 3 is 2.57 bits per heavy atom. The van der Waals surface area contributed by atoms with Gasteiger partial charge in [0.15, 0.2) is 0 Å². The predicted octanol–water partition coefficient (Wildman–Crippen LogP) is 3.44. The van der Waals surface area contributed by atoms with Crippen molar-refractivity contribution in [3.8, 4) is 0 Å². The summed E-state index contributed by atoms with van der Waals surface area (Å²) in [6.45, 7) is 6.60. The Labute approximate surface area is 91.5 Å². The molecule has 1 nitrogen and oxygen atoms in total. The van der Waals surface area contributed by atoms with Crippen molar-refractivity contribution in [2.24, 2.45) is 11.3 Å². The first-order valence-corrected chi connectivity index (χ1v) is 5.33. The highest BCUT2D eigenvalue weighted by molar-refractivity contribution is 6.31. The van der Waals surface area contributed by atoms with E-state index in [1.165, 1.54) is 0 Å². The van der Waals surface area contributed by atoms with Crippen LogP contribution in [0.5, 0.6) is 0 Å². The third-order valence-corrected chi connectivity index (χ3v) is 3.12. The summed E-state index contributed by atoms with van der Waals surface area (Å²) in [5, 5.41) is 3.90.